The van der Waals surface area contributed by atoms with E-state index in [1.807, 2.05) is 24.3 Å². The molecular weight excluding hydrogens is 352 g/mol. The second kappa shape index (κ2) is 5.75. The minimum absolute atomic E-state index is 0.0710. The van der Waals surface area contributed by atoms with Crippen molar-refractivity contribution in [2.24, 2.45) is 0 Å². The third-order valence-electron chi connectivity index (χ3n) is 2.26. The molecule has 0 fully saturated rings. The van der Waals surface area contributed by atoms with Gasteiger partial charge in [-0.15, -0.1) is 0 Å². The van der Waals surface area contributed by atoms with E-state index in [1.54, 1.807) is 6.07 Å². The first kappa shape index (κ1) is 12.7. The minimum atomic E-state index is -0.0710. The maximum Gasteiger partial charge on any atom is 0.129 e. The average molecular weight is 364 g/mol. The predicted octanol–water partition coefficient (Wildman–Crippen LogP) is 3.64. The number of anilines is 1. The molecule has 0 unspecified atom stereocenters. The summed E-state index contributed by atoms with van der Waals surface area (Å²) >= 11 is 8.10. The fourth-order valence-corrected chi connectivity index (χ4v) is 2.48. The van der Waals surface area contributed by atoms with Gasteiger partial charge in [0.2, 0.25) is 0 Å². The highest BCUT2D eigenvalue weighted by Crippen LogP contribution is 2.23. The lowest BCUT2D eigenvalue weighted by Gasteiger charge is -2.07. The van der Waals surface area contributed by atoms with Gasteiger partial charge in [-0.1, -0.05) is 11.6 Å². The molecular formula is C12H11ClINO2. The molecule has 0 spiro atoms. The van der Waals surface area contributed by atoms with Gasteiger partial charge in [-0.2, -0.15) is 0 Å². The molecule has 0 saturated carbocycles. The van der Waals surface area contributed by atoms with Crippen molar-refractivity contribution in [2.75, 3.05) is 5.32 Å². The second-order valence-corrected chi connectivity index (χ2v) is 5.10. The number of nitrogens with one attached hydrogen (secondary N) is 1. The van der Waals surface area contributed by atoms with Gasteiger partial charge in [0.05, 0.1) is 6.54 Å². The molecule has 90 valence electrons. The highest BCUT2D eigenvalue weighted by atomic mass is 127. The van der Waals surface area contributed by atoms with Crippen LogP contribution in [0, 0.1) is 3.57 Å². The van der Waals surface area contributed by atoms with Gasteiger partial charge in [-0.05, 0) is 52.9 Å². The molecule has 0 radical (unpaired) electrons. The standard InChI is InChI=1S/C12H11ClINO2/c13-8-1-4-12(11(14)5-8)15-6-9-2-3-10(7-16)17-9/h1-5,15-16H,6-7H2. The third-order valence-corrected chi connectivity index (χ3v) is 3.38. The lowest BCUT2D eigenvalue weighted by Crippen LogP contribution is -1.99. The Morgan fingerprint density at radius 2 is 2.00 bits per heavy atom. The van der Waals surface area contributed by atoms with Crippen LogP contribution in [0.2, 0.25) is 5.02 Å². The Hall–Kier alpha value is -0.720. The van der Waals surface area contributed by atoms with Crippen LogP contribution in [-0.4, -0.2) is 5.11 Å². The fourth-order valence-electron chi connectivity index (χ4n) is 1.42. The van der Waals surface area contributed by atoms with Gasteiger partial charge in [-0.25, -0.2) is 0 Å². The van der Waals surface area contributed by atoms with Crippen LogP contribution in [0.4, 0.5) is 5.69 Å². The van der Waals surface area contributed by atoms with Crippen molar-refractivity contribution in [1.29, 1.82) is 0 Å². The number of rotatable bonds is 4. The Kier molecular flexibility index (Phi) is 4.31. The molecule has 2 rings (SSSR count). The van der Waals surface area contributed by atoms with E-state index in [1.165, 1.54) is 0 Å². The van der Waals surface area contributed by atoms with E-state index in [9.17, 15) is 0 Å². The van der Waals surface area contributed by atoms with Gasteiger partial charge < -0.3 is 14.8 Å². The van der Waals surface area contributed by atoms with Gasteiger partial charge in [0.1, 0.15) is 18.1 Å². The van der Waals surface area contributed by atoms with Crippen LogP contribution >= 0.6 is 34.2 Å². The van der Waals surface area contributed by atoms with Crippen LogP contribution in [0.25, 0.3) is 0 Å². The van der Waals surface area contributed by atoms with E-state index in [-0.39, 0.29) is 6.61 Å². The van der Waals surface area contributed by atoms with Crippen LogP contribution in [0.1, 0.15) is 11.5 Å². The summed E-state index contributed by atoms with van der Waals surface area (Å²) < 4.78 is 6.44. The number of hydrogen-bond acceptors (Lipinski definition) is 3. The second-order valence-electron chi connectivity index (χ2n) is 3.50. The van der Waals surface area contributed by atoms with E-state index in [4.69, 9.17) is 21.1 Å². The van der Waals surface area contributed by atoms with Gasteiger partial charge >= 0.3 is 0 Å². The number of benzene rings is 1. The van der Waals surface area contributed by atoms with E-state index in [0.29, 0.717) is 12.3 Å². The zero-order valence-corrected chi connectivity index (χ0v) is 11.8. The van der Waals surface area contributed by atoms with Crippen molar-refractivity contribution in [1.82, 2.24) is 0 Å². The summed E-state index contributed by atoms with van der Waals surface area (Å²) in [4.78, 5) is 0. The molecule has 2 aromatic rings. The lowest BCUT2D eigenvalue weighted by atomic mass is 10.3. The number of aliphatic hydroxyl groups excluding tert-OH is 1. The molecule has 0 aliphatic heterocycles. The maximum atomic E-state index is 8.88. The Morgan fingerprint density at radius 1 is 1.24 bits per heavy atom. The summed E-state index contributed by atoms with van der Waals surface area (Å²) in [5.41, 5.74) is 1.01. The molecule has 1 aromatic carbocycles. The van der Waals surface area contributed by atoms with Crippen molar-refractivity contribution >= 4 is 39.9 Å². The van der Waals surface area contributed by atoms with Gasteiger partial charge in [0, 0.05) is 14.3 Å². The Balaban J connectivity index is 2.02. The molecule has 0 atom stereocenters. The summed E-state index contributed by atoms with van der Waals surface area (Å²) in [6, 6.07) is 9.28. The van der Waals surface area contributed by atoms with Gasteiger partial charge in [0.25, 0.3) is 0 Å². The Labute approximate surface area is 118 Å². The first-order valence-electron chi connectivity index (χ1n) is 5.06. The van der Waals surface area contributed by atoms with Crippen molar-refractivity contribution in [3.8, 4) is 0 Å². The largest absolute Gasteiger partial charge is 0.462 e. The first-order chi connectivity index (χ1) is 8.19. The molecule has 5 heteroatoms. The molecule has 0 saturated heterocycles. The summed E-state index contributed by atoms with van der Waals surface area (Å²) in [5.74, 6) is 1.37. The molecule has 2 N–H and O–H groups in total. The highest BCUT2D eigenvalue weighted by molar-refractivity contribution is 14.1. The van der Waals surface area contributed by atoms with Crippen LogP contribution in [-0.2, 0) is 13.2 Å². The van der Waals surface area contributed by atoms with E-state index in [0.717, 1.165) is 20.0 Å². The quantitative estimate of drug-likeness (QED) is 0.815. The summed E-state index contributed by atoms with van der Waals surface area (Å²) in [6.45, 7) is 0.510. The SMILES string of the molecule is OCc1ccc(CNc2ccc(Cl)cc2I)o1. The fraction of sp³-hybridized carbons (Fsp3) is 0.167. The van der Waals surface area contributed by atoms with Crippen LogP contribution < -0.4 is 5.32 Å². The number of aliphatic hydroxyl groups is 1. The minimum Gasteiger partial charge on any atom is -0.462 e. The summed E-state index contributed by atoms with van der Waals surface area (Å²) in [5, 5.41) is 12.9. The van der Waals surface area contributed by atoms with Crippen LogP contribution in [0.3, 0.4) is 0 Å². The Bertz CT molecular complexity index is 513. The molecule has 1 heterocycles. The van der Waals surface area contributed by atoms with Crippen LogP contribution in [0.15, 0.2) is 34.7 Å². The zero-order chi connectivity index (χ0) is 12.3. The third kappa shape index (κ3) is 3.37. The molecule has 0 bridgehead atoms. The zero-order valence-electron chi connectivity index (χ0n) is 8.91. The normalized spacial score (nSPS) is 10.5. The molecule has 0 aliphatic rings. The summed E-state index contributed by atoms with van der Waals surface area (Å²) in [6.07, 6.45) is 0. The molecule has 3 nitrogen and oxygen atoms in total. The molecule has 0 aliphatic carbocycles. The van der Waals surface area contributed by atoms with Crippen molar-refractivity contribution in [2.45, 2.75) is 13.2 Å². The monoisotopic (exact) mass is 363 g/mol. The first-order valence-corrected chi connectivity index (χ1v) is 6.52. The topological polar surface area (TPSA) is 45.4 Å². The summed E-state index contributed by atoms with van der Waals surface area (Å²) in [7, 11) is 0. The van der Waals surface area contributed by atoms with Gasteiger partial charge in [0.15, 0.2) is 0 Å². The maximum absolute atomic E-state index is 8.88. The molecule has 17 heavy (non-hydrogen) atoms. The van der Waals surface area contributed by atoms with Gasteiger partial charge in [-0.3, -0.25) is 0 Å². The van der Waals surface area contributed by atoms with E-state index >= 15 is 0 Å². The van der Waals surface area contributed by atoms with Crippen LogP contribution in [0.5, 0.6) is 0 Å². The van der Waals surface area contributed by atoms with E-state index < -0.39 is 0 Å². The Morgan fingerprint density at radius 3 is 2.65 bits per heavy atom. The number of halogens is 2. The van der Waals surface area contributed by atoms with E-state index in [2.05, 4.69) is 27.9 Å². The van der Waals surface area contributed by atoms with Crippen molar-refractivity contribution in [3.63, 3.8) is 0 Å². The number of hydrogen-bond donors (Lipinski definition) is 2. The lowest BCUT2D eigenvalue weighted by molar-refractivity contribution is 0.244. The molecule has 0 amide bonds. The number of furan rings is 1. The highest BCUT2D eigenvalue weighted by Gasteiger charge is 2.03. The van der Waals surface area contributed by atoms with Crippen molar-refractivity contribution in [3.05, 3.63) is 50.4 Å². The smallest absolute Gasteiger partial charge is 0.129 e. The average Bonchev–Trinajstić information content (AvgIpc) is 2.76. The predicted molar refractivity (Wildman–Crippen MR) is 76.1 cm³/mol. The molecule has 1 aromatic heterocycles. The van der Waals surface area contributed by atoms with Crippen molar-refractivity contribution < 1.29 is 9.52 Å².